The van der Waals surface area contributed by atoms with Gasteiger partial charge in [-0.05, 0) is 25.3 Å². The molecule has 5 nitrogen and oxygen atoms in total. The molecule has 0 aliphatic rings. The van der Waals surface area contributed by atoms with E-state index in [1.807, 2.05) is 18.0 Å². The highest BCUT2D eigenvalue weighted by atomic mass is 32.1. The van der Waals surface area contributed by atoms with Crippen LogP contribution in [0.15, 0.2) is 28.2 Å². The molecule has 0 bridgehead atoms. The Morgan fingerprint density at radius 1 is 1.60 bits per heavy atom. The Morgan fingerprint density at radius 3 is 3.05 bits per heavy atom. The van der Waals surface area contributed by atoms with Gasteiger partial charge < -0.3 is 14.1 Å². The number of rotatable bonds is 6. The highest BCUT2D eigenvalue weighted by Crippen LogP contribution is 2.19. The number of thiophene rings is 1. The summed E-state index contributed by atoms with van der Waals surface area (Å²) in [6, 6.07) is 4.80. The van der Waals surface area contributed by atoms with Crippen molar-refractivity contribution in [2.75, 3.05) is 18.6 Å². The first kappa shape index (κ1) is 14.6. The number of ether oxygens (including phenoxy) is 1. The Morgan fingerprint density at radius 2 is 2.40 bits per heavy atom. The van der Waals surface area contributed by atoms with E-state index in [0.717, 1.165) is 6.42 Å². The summed E-state index contributed by atoms with van der Waals surface area (Å²) in [5.74, 6) is -0.457. The molecule has 2 aromatic rings. The fraction of sp³-hybridized carbons (Fsp3) is 0.429. The lowest BCUT2D eigenvalue weighted by Crippen LogP contribution is -2.30. The molecule has 2 heterocycles. The van der Waals surface area contributed by atoms with Crippen LogP contribution >= 0.6 is 11.3 Å². The largest absolute Gasteiger partial charge is 0.461 e. The van der Waals surface area contributed by atoms with E-state index >= 15 is 0 Å². The Bertz CT molecular complexity index is 551. The monoisotopic (exact) mass is 294 g/mol. The van der Waals surface area contributed by atoms with Crippen molar-refractivity contribution in [1.29, 1.82) is 0 Å². The maximum Gasteiger partial charge on any atom is 0.360 e. The van der Waals surface area contributed by atoms with Gasteiger partial charge in [-0.25, -0.2) is 4.79 Å². The maximum atomic E-state index is 11.5. The zero-order chi connectivity index (χ0) is 14.5. The van der Waals surface area contributed by atoms with Crippen LogP contribution in [0.1, 0.15) is 29.2 Å². The van der Waals surface area contributed by atoms with E-state index in [9.17, 15) is 4.79 Å². The van der Waals surface area contributed by atoms with Crippen LogP contribution in [0.3, 0.4) is 0 Å². The number of esters is 1. The second-order valence-corrected chi connectivity index (χ2v) is 5.51. The average molecular weight is 294 g/mol. The molecule has 1 atom stereocenters. The van der Waals surface area contributed by atoms with Gasteiger partial charge in [0.2, 0.25) is 0 Å². The van der Waals surface area contributed by atoms with Gasteiger partial charge >= 0.3 is 5.97 Å². The third-order valence-electron chi connectivity index (χ3n) is 3.02. The molecule has 0 N–H and O–H groups in total. The number of carbonyl (C=O) groups excluding carboxylic acids is 1. The van der Waals surface area contributed by atoms with E-state index in [-0.39, 0.29) is 11.7 Å². The van der Waals surface area contributed by atoms with E-state index in [2.05, 4.69) is 23.4 Å². The highest BCUT2D eigenvalue weighted by molar-refractivity contribution is 7.09. The molecule has 0 saturated heterocycles. The first-order valence-corrected chi connectivity index (χ1v) is 7.37. The van der Waals surface area contributed by atoms with Crippen molar-refractivity contribution < 1.29 is 13.9 Å². The third-order valence-corrected chi connectivity index (χ3v) is 3.91. The molecule has 0 aromatic carbocycles. The van der Waals surface area contributed by atoms with Crippen LogP contribution in [0.4, 0.5) is 6.01 Å². The van der Waals surface area contributed by atoms with Gasteiger partial charge in [0, 0.05) is 24.4 Å². The lowest BCUT2D eigenvalue weighted by molar-refractivity contribution is 0.0519. The first-order chi connectivity index (χ1) is 9.61. The molecule has 108 valence electrons. The van der Waals surface area contributed by atoms with E-state index in [0.29, 0.717) is 12.6 Å². The zero-order valence-corrected chi connectivity index (χ0v) is 12.6. The normalized spacial score (nSPS) is 12.2. The van der Waals surface area contributed by atoms with E-state index in [1.54, 1.807) is 18.3 Å². The molecule has 6 heteroatoms. The minimum atomic E-state index is -0.457. The molecule has 0 aliphatic carbocycles. The molecule has 0 amide bonds. The SMILES string of the molecule is CCOC(=O)c1coc(N(C)C(C)Cc2cccs2)n1. The van der Waals surface area contributed by atoms with Crippen molar-refractivity contribution in [3.8, 4) is 0 Å². The molecule has 0 aliphatic heterocycles. The summed E-state index contributed by atoms with van der Waals surface area (Å²) in [4.78, 5) is 18.9. The minimum Gasteiger partial charge on any atom is -0.461 e. The Hall–Kier alpha value is -1.82. The molecule has 1 unspecified atom stereocenters. The summed E-state index contributed by atoms with van der Waals surface area (Å²) >= 11 is 1.73. The number of hydrogen-bond acceptors (Lipinski definition) is 6. The molecule has 0 saturated carbocycles. The van der Waals surface area contributed by atoms with Crippen molar-refractivity contribution in [1.82, 2.24) is 4.98 Å². The van der Waals surface area contributed by atoms with Gasteiger partial charge in [-0.1, -0.05) is 6.07 Å². The predicted molar refractivity (Wildman–Crippen MR) is 78.3 cm³/mol. The number of carbonyl (C=O) groups is 1. The molecule has 2 aromatic heterocycles. The fourth-order valence-electron chi connectivity index (χ4n) is 1.77. The van der Waals surface area contributed by atoms with Crippen molar-refractivity contribution in [3.05, 3.63) is 34.3 Å². The van der Waals surface area contributed by atoms with Gasteiger partial charge in [-0.3, -0.25) is 0 Å². The van der Waals surface area contributed by atoms with Gasteiger partial charge in [0.1, 0.15) is 6.26 Å². The van der Waals surface area contributed by atoms with Crippen LogP contribution < -0.4 is 4.90 Å². The molecule has 0 radical (unpaired) electrons. The maximum absolute atomic E-state index is 11.5. The summed E-state index contributed by atoms with van der Waals surface area (Å²) in [5, 5.41) is 2.06. The first-order valence-electron chi connectivity index (χ1n) is 6.49. The Balaban J connectivity index is 2.01. The van der Waals surface area contributed by atoms with E-state index < -0.39 is 5.97 Å². The molecular formula is C14H18N2O3S. The van der Waals surface area contributed by atoms with Crippen LogP contribution in [0, 0.1) is 0 Å². The summed E-state index contributed by atoms with van der Waals surface area (Å²) in [5.41, 5.74) is 0.206. The van der Waals surface area contributed by atoms with Crippen molar-refractivity contribution in [2.45, 2.75) is 26.3 Å². The lowest BCUT2D eigenvalue weighted by atomic mass is 10.2. The molecule has 20 heavy (non-hydrogen) atoms. The summed E-state index contributed by atoms with van der Waals surface area (Å²) in [6.07, 6.45) is 2.24. The standard InChI is InChI=1S/C14H18N2O3S/c1-4-18-13(17)12-9-19-14(15-12)16(3)10(2)8-11-6-5-7-20-11/h5-7,9-10H,4,8H2,1-3H3. The lowest BCUT2D eigenvalue weighted by Gasteiger charge is -2.22. The van der Waals surface area contributed by atoms with Gasteiger partial charge in [0.25, 0.3) is 6.01 Å². The van der Waals surface area contributed by atoms with Crippen molar-refractivity contribution in [3.63, 3.8) is 0 Å². The highest BCUT2D eigenvalue weighted by Gasteiger charge is 2.19. The predicted octanol–water partition coefficient (Wildman–Crippen LogP) is 2.98. The number of aromatic nitrogens is 1. The second-order valence-electron chi connectivity index (χ2n) is 4.48. The third kappa shape index (κ3) is 3.39. The van der Waals surface area contributed by atoms with Crippen molar-refractivity contribution in [2.24, 2.45) is 0 Å². The van der Waals surface area contributed by atoms with Crippen LogP contribution in [-0.4, -0.2) is 30.6 Å². The van der Waals surface area contributed by atoms with E-state index in [4.69, 9.17) is 9.15 Å². The fourth-order valence-corrected chi connectivity index (χ4v) is 2.60. The number of nitrogens with zero attached hydrogens (tertiary/aromatic N) is 2. The quantitative estimate of drug-likeness (QED) is 0.767. The van der Waals surface area contributed by atoms with Crippen LogP contribution in [0.2, 0.25) is 0 Å². The number of anilines is 1. The number of likely N-dealkylation sites (N-methyl/N-ethyl adjacent to an activating group) is 1. The molecule has 0 spiro atoms. The Labute approximate surface area is 122 Å². The topological polar surface area (TPSA) is 55.6 Å². The van der Waals surface area contributed by atoms with Crippen LogP contribution in [0.25, 0.3) is 0 Å². The number of hydrogen-bond donors (Lipinski definition) is 0. The van der Waals surface area contributed by atoms with Gasteiger partial charge in [-0.15, -0.1) is 11.3 Å². The van der Waals surface area contributed by atoms with Gasteiger partial charge in [0.15, 0.2) is 5.69 Å². The Kier molecular flexibility index (Phi) is 4.79. The van der Waals surface area contributed by atoms with Gasteiger partial charge in [-0.2, -0.15) is 4.98 Å². The zero-order valence-electron chi connectivity index (χ0n) is 11.8. The van der Waals surface area contributed by atoms with Crippen LogP contribution in [0.5, 0.6) is 0 Å². The average Bonchev–Trinajstić information content (AvgIpc) is 3.09. The van der Waals surface area contributed by atoms with Crippen LogP contribution in [-0.2, 0) is 11.2 Å². The molecular weight excluding hydrogens is 276 g/mol. The van der Waals surface area contributed by atoms with Crippen molar-refractivity contribution >= 4 is 23.3 Å². The number of oxazole rings is 1. The smallest absolute Gasteiger partial charge is 0.360 e. The van der Waals surface area contributed by atoms with Gasteiger partial charge in [0.05, 0.1) is 6.61 Å². The summed E-state index contributed by atoms with van der Waals surface area (Å²) < 4.78 is 10.2. The molecule has 2 rings (SSSR count). The minimum absolute atomic E-state index is 0.206. The summed E-state index contributed by atoms with van der Waals surface area (Å²) in [6.45, 7) is 4.17. The second kappa shape index (κ2) is 6.56. The summed E-state index contributed by atoms with van der Waals surface area (Å²) in [7, 11) is 1.90. The van der Waals surface area contributed by atoms with E-state index in [1.165, 1.54) is 11.1 Å². The molecule has 0 fully saturated rings.